The van der Waals surface area contributed by atoms with Gasteiger partial charge in [-0.15, -0.1) is 0 Å². The van der Waals surface area contributed by atoms with Gasteiger partial charge < -0.3 is 15.0 Å². The van der Waals surface area contributed by atoms with Crippen LogP contribution in [0.4, 0.5) is 4.79 Å². The second-order valence-electron chi connectivity index (χ2n) is 10.7. The van der Waals surface area contributed by atoms with Crippen molar-refractivity contribution >= 4 is 17.0 Å². The third-order valence-corrected chi connectivity index (χ3v) is 7.23. The zero-order chi connectivity index (χ0) is 23.8. The molecule has 3 heterocycles. The van der Waals surface area contributed by atoms with E-state index >= 15 is 0 Å². The lowest BCUT2D eigenvalue weighted by Crippen LogP contribution is -2.61. The molecule has 178 valence electrons. The second kappa shape index (κ2) is 8.99. The maximum absolute atomic E-state index is 12.5. The lowest BCUT2D eigenvalue weighted by Gasteiger charge is -2.54. The molecule has 5 rings (SSSR count). The molecule has 1 unspecified atom stereocenters. The number of nitrogens with one attached hydrogen (secondary N) is 1. The van der Waals surface area contributed by atoms with E-state index in [2.05, 4.69) is 58.8 Å². The van der Waals surface area contributed by atoms with E-state index in [9.17, 15) is 4.79 Å². The van der Waals surface area contributed by atoms with Gasteiger partial charge in [0.2, 0.25) is 0 Å². The number of hydrogen-bond donors (Lipinski definition) is 1. The average Bonchev–Trinajstić information content (AvgIpc) is 2.82. The Hall–Kier alpha value is -2.99. The van der Waals surface area contributed by atoms with Crippen molar-refractivity contribution < 1.29 is 9.53 Å². The molecule has 0 aliphatic carbocycles. The monoisotopic (exact) mass is 458 g/mol. The fourth-order valence-electron chi connectivity index (χ4n) is 5.25. The first-order valence-corrected chi connectivity index (χ1v) is 12.3. The van der Waals surface area contributed by atoms with Gasteiger partial charge in [-0.1, -0.05) is 36.4 Å². The summed E-state index contributed by atoms with van der Waals surface area (Å²) in [7, 11) is 0. The maximum atomic E-state index is 12.5. The predicted molar refractivity (Wildman–Crippen MR) is 134 cm³/mol. The van der Waals surface area contributed by atoms with Crippen LogP contribution in [0.1, 0.15) is 56.5 Å². The number of rotatable bonds is 4. The number of ether oxygens (including phenoxy) is 1. The quantitative estimate of drug-likeness (QED) is 0.591. The van der Waals surface area contributed by atoms with E-state index in [1.807, 2.05) is 25.7 Å². The first-order valence-electron chi connectivity index (χ1n) is 12.3. The van der Waals surface area contributed by atoms with Crippen LogP contribution in [0.2, 0.25) is 0 Å². The van der Waals surface area contributed by atoms with Crippen molar-refractivity contribution in [3.05, 3.63) is 71.7 Å². The Labute approximate surface area is 201 Å². The van der Waals surface area contributed by atoms with Crippen molar-refractivity contribution in [1.29, 1.82) is 0 Å². The Bertz CT molecular complexity index is 1160. The SMILES string of the molecule is CC(C)(C)OC(=O)N1CCC2(CC1)CNC2c1ncnc2ccc(CCc3ccccc3)cc12. The Morgan fingerprint density at radius 3 is 2.47 bits per heavy atom. The number of aryl methyl sites for hydroxylation is 2. The Balaban J connectivity index is 1.32. The number of carbonyl (C=O) groups is 1. The minimum Gasteiger partial charge on any atom is -0.444 e. The summed E-state index contributed by atoms with van der Waals surface area (Å²) in [6.07, 6.45) is 5.38. The number of benzene rings is 2. The van der Waals surface area contributed by atoms with Crippen molar-refractivity contribution in [2.24, 2.45) is 5.41 Å². The van der Waals surface area contributed by atoms with E-state index in [1.165, 1.54) is 11.1 Å². The van der Waals surface area contributed by atoms with Crippen LogP contribution in [-0.4, -0.2) is 46.2 Å². The minimum atomic E-state index is -0.467. The van der Waals surface area contributed by atoms with Gasteiger partial charge in [-0.2, -0.15) is 0 Å². The highest BCUT2D eigenvalue weighted by atomic mass is 16.6. The Kier molecular flexibility index (Phi) is 6.02. The van der Waals surface area contributed by atoms with Crippen molar-refractivity contribution in [1.82, 2.24) is 20.2 Å². The van der Waals surface area contributed by atoms with Crippen LogP contribution in [-0.2, 0) is 17.6 Å². The number of amides is 1. The molecule has 2 saturated heterocycles. The molecular formula is C28H34N4O2. The molecule has 6 nitrogen and oxygen atoms in total. The van der Waals surface area contributed by atoms with E-state index < -0.39 is 5.60 Å². The highest BCUT2D eigenvalue weighted by molar-refractivity contribution is 5.82. The normalized spacial score (nSPS) is 19.7. The van der Waals surface area contributed by atoms with E-state index in [0.717, 1.165) is 61.9 Å². The fourth-order valence-corrected chi connectivity index (χ4v) is 5.25. The summed E-state index contributed by atoms with van der Waals surface area (Å²) < 4.78 is 5.58. The van der Waals surface area contributed by atoms with Crippen LogP contribution < -0.4 is 5.32 Å². The lowest BCUT2D eigenvalue weighted by molar-refractivity contribution is -0.0187. The highest BCUT2D eigenvalue weighted by Crippen LogP contribution is 2.49. The summed E-state index contributed by atoms with van der Waals surface area (Å²) >= 11 is 0. The van der Waals surface area contributed by atoms with Crippen LogP contribution in [0.5, 0.6) is 0 Å². The topological polar surface area (TPSA) is 67.3 Å². The number of piperidine rings is 1. The van der Waals surface area contributed by atoms with E-state index in [0.29, 0.717) is 0 Å². The predicted octanol–water partition coefficient (Wildman–Crippen LogP) is 5.08. The number of fused-ring (bicyclic) bond motifs is 1. The number of aromatic nitrogens is 2. The minimum absolute atomic E-state index is 0.125. The summed E-state index contributed by atoms with van der Waals surface area (Å²) in [6, 6.07) is 17.4. The molecule has 6 heteroatoms. The van der Waals surface area contributed by atoms with Crippen molar-refractivity contribution in [3.8, 4) is 0 Å². The van der Waals surface area contributed by atoms with E-state index in [-0.39, 0.29) is 17.6 Å². The number of likely N-dealkylation sites (tertiary alicyclic amines) is 1. The lowest BCUT2D eigenvalue weighted by atomic mass is 9.65. The first-order chi connectivity index (χ1) is 16.3. The van der Waals surface area contributed by atoms with E-state index in [1.54, 1.807) is 6.33 Å². The molecule has 34 heavy (non-hydrogen) atoms. The molecule has 2 aliphatic heterocycles. The third-order valence-electron chi connectivity index (χ3n) is 7.23. The van der Waals surface area contributed by atoms with Crippen LogP contribution >= 0.6 is 0 Å². The molecule has 1 aromatic heterocycles. The first kappa shape index (κ1) is 22.8. The molecule has 1 N–H and O–H groups in total. The summed E-state index contributed by atoms with van der Waals surface area (Å²) in [5.74, 6) is 0. The van der Waals surface area contributed by atoms with Crippen molar-refractivity contribution in [2.75, 3.05) is 19.6 Å². The summed E-state index contributed by atoms with van der Waals surface area (Å²) in [5.41, 5.74) is 4.39. The van der Waals surface area contributed by atoms with Crippen molar-refractivity contribution in [3.63, 3.8) is 0 Å². The fraction of sp³-hybridized carbons (Fsp3) is 0.464. The second-order valence-corrected chi connectivity index (χ2v) is 10.7. The smallest absolute Gasteiger partial charge is 0.410 e. The molecule has 1 amide bonds. The van der Waals surface area contributed by atoms with Crippen LogP contribution in [0, 0.1) is 5.41 Å². The standard InChI is InChI=1S/C28H34N4O2/c1-27(2,3)34-26(33)32-15-13-28(14-16-32)18-29-25(28)24-22-17-21(11-12-23(22)30-19-31-24)10-9-20-7-5-4-6-8-20/h4-8,11-12,17,19,25,29H,9-10,13-16,18H2,1-3H3. The molecule has 1 atom stereocenters. The molecular weight excluding hydrogens is 424 g/mol. The third kappa shape index (κ3) is 4.64. The molecule has 1 spiro atoms. The molecule has 2 fully saturated rings. The van der Waals surface area contributed by atoms with Gasteiger partial charge in [0.25, 0.3) is 0 Å². The summed E-state index contributed by atoms with van der Waals surface area (Å²) in [4.78, 5) is 23.7. The largest absolute Gasteiger partial charge is 0.444 e. The van der Waals surface area contributed by atoms with Crippen molar-refractivity contribution in [2.45, 2.75) is 58.1 Å². The van der Waals surface area contributed by atoms with Crippen LogP contribution in [0.3, 0.4) is 0 Å². The molecule has 3 aromatic rings. The number of hydrogen-bond acceptors (Lipinski definition) is 5. The van der Waals surface area contributed by atoms with Gasteiger partial charge in [0.05, 0.1) is 17.3 Å². The van der Waals surface area contributed by atoms with Crippen LogP contribution in [0.15, 0.2) is 54.9 Å². The molecule has 2 aliphatic rings. The molecule has 0 bridgehead atoms. The highest BCUT2D eigenvalue weighted by Gasteiger charge is 2.50. The zero-order valence-corrected chi connectivity index (χ0v) is 20.4. The Morgan fingerprint density at radius 1 is 1.06 bits per heavy atom. The summed E-state index contributed by atoms with van der Waals surface area (Å²) in [5, 5.41) is 4.79. The van der Waals surface area contributed by atoms with Crippen LogP contribution in [0.25, 0.3) is 10.9 Å². The van der Waals surface area contributed by atoms with Gasteiger partial charge in [-0.3, -0.25) is 0 Å². The Morgan fingerprint density at radius 2 is 1.79 bits per heavy atom. The summed E-state index contributed by atoms with van der Waals surface area (Å²) in [6.45, 7) is 8.14. The van der Waals surface area contributed by atoms with E-state index in [4.69, 9.17) is 9.72 Å². The number of nitrogens with zero attached hydrogens (tertiary/aromatic N) is 3. The average molecular weight is 459 g/mol. The molecule has 0 radical (unpaired) electrons. The molecule has 2 aromatic carbocycles. The van der Waals surface area contributed by atoms with Gasteiger partial charge in [0.1, 0.15) is 11.9 Å². The van der Waals surface area contributed by atoms with Gasteiger partial charge in [0, 0.05) is 30.4 Å². The van der Waals surface area contributed by atoms with Gasteiger partial charge in [-0.05, 0) is 69.7 Å². The number of carbonyl (C=O) groups excluding carboxylic acids is 1. The maximum Gasteiger partial charge on any atom is 0.410 e. The molecule has 0 saturated carbocycles. The zero-order valence-electron chi connectivity index (χ0n) is 20.4. The van der Waals surface area contributed by atoms with Gasteiger partial charge >= 0.3 is 6.09 Å². The van der Waals surface area contributed by atoms with Gasteiger partial charge in [-0.25, -0.2) is 14.8 Å². The van der Waals surface area contributed by atoms with Gasteiger partial charge in [0.15, 0.2) is 0 Å².